The number of rotatable bonds is 0. The minimum absolute atomic E-state index is 0.400. The lowest BCUT2D eigenvalue weighted by Gasteiger charge is -2.15. The first-order valence-corrected chi connectivity index (χ1v) is 5.99. The maximum Gasteiger partial charge on any atom is 0.184 e. The summed E-state index contributed by atoms with van der Waals surface area (Å²) in [5, 5.41) is 8.85. The molecule has 0 saturated carbocycles. The third kappa shape index (κ3) is 3.14. The Labute approximate surface area is 116 Å². The van der Waals surface area contributed by atoms with Crippen LogP contribution in [0.15, 0.2) is 29.6 Å². The van der Waals surface area contributed by atoms with E-state index >= 15 is 0 Å². The van der Waals surface area contributed by atoms with Crippen molar-refractivity contribution in [2.75, 3.05) is 5.73 Å². The molecule has 5 nitrogen and oxygen atoms in total. The highest BCUT2D eigenvalue weighted by molar-refractivity contribution is 7.80. The number of ether oxygens (including phenoxy) is 1. The highest BCUT2D eigenvalue weighted by atomic mass is 32.1. The Morgan fingerprint density at radius 1 is 1.47 bits per heavy atom. The van der Waals surface area contributed by atoms with E-state index in [9.17, 15) is 0 Å². The molecule has 2 N–H and O–H groups in total. The van der Waals surface area contributed by atoms with E-state index in [-0.39, 0.29) is 0 Å². The van der Waals surface area contributed by atoms with Gasteiger partial charge < -0.3 is 10.5 Å². The van der Waals surface area contributed by atoms with E-state index in [4.69, 9.17) is 15.7 Å². The van der Waals surface area contributed by atoms with Gasteiger partial charge in [-0.15, -0.1) is 12.6 Å². The molecule has 96 valence electrons. The quantitative estimate of drug-likeness (QED) is 0.436. The van der Waals surface area contributed by atoms with Crippen molar-refractivity contribution in [2.24, 2.45) is 0 Å². The lowest BCUT2D eigenvalue weighted by molar-refractivity contribution is 0.297. The maximum atomic E-state index is 8.45. The molecule has 0 atom stereocenters. The zero-order chi connectivity index (χ0) is 13.8. The van der Waals surface area contributed by atoms with Gasteiger partial charge in [-0.05, 0) is 19.1 Å². The highest BCUT2D eigenvalue weighted by Gasteiger charge is 2.07. The number of nitrogens with zero attached hydrogens (tertiary/aromatic N) is 3. The van der Waals surface area contributed by atoms with Gasteiger partial charge in [0.2, 0.25) is 0 Å². The largest absolute Gasteiger partial charge is 0.489 e. The Bertz CT molecular complexity index is 652. The molecule has 1 aromatic heterocycles. The van der Waals surface area contributed by atoms with Gasteiger partial charge in [0.1, 0.15) is 18.4 Å². The van der Waals surface area contributed by atoms with Crippen molar-refractivity contribution >= 4 is 18.3 Å². The van der Waals surface area contributed by atoms with Crippen molar-refractivity contribution < 1.29 is 4.74 Å². The standard InChI is InChI=1S/C7H7NO.C6H5N3S/c8-7-3-6-2-1-5(7)4-9-6;1-4-5(2-7)3-8-6(10)9-4/h1-3H,4,8H2;3H,1H3,(H,8,9,10). The summed E-state index contributed by atoms with van der Waals surface area (Å²) in [4.78, 5) is 7.62. The normalized spacial score (nSPS) is 11.0. The van der Waals surface area contributed by atoms with Crippen LogP contribution in [0.1, 0.15) is 16.8 Å². The first-order chi connectivity index (χ1) is 9.10. The third-order valence-corrected chi connectivity index (χ3v) is 2.81. The van der Waals surface area contributed by atoms with Crippen molar-refractivity contribution in [2.45, 2.75) is 18.7 Å². The van der Waals surface area contributed by atoms with Gasteiger partial charge in [-0.2, -0.15) is 5.26 Å². The number of fused-ring (bicyclic) bond motifs is 3. The molecule has 0 aliphatic carbocycles. The Kier molecular flexibility index (Phi) is 3.88. The van der Waals surface area contributed by atoms with Gasteiger partial charge in [0.25, 0.3) is 0 Å². The van der Waals surface area contributed by atoms with Gasteiger partial charge in [0.05, 0.1) is 11.3 Å². The van der Waals surface area contributed by atoms with Crippen LogP contribution >= 0.6 is 12.6 Å². The molecule has 19 heavy (non-hydrogen) atoms. The minimum atomic E-state index is 0.400. The Balaban J connectivity index is 0.000000141. The minimum Gasteiger partial charge on any atom is -0.489 e. The topological polar surface area (TPSA) is 84.8 Å². The molecule has 2 bridgehead atoms. The van der Waals surface area contributed by atoms with E-state index in [2.05, 4.69) is 22.6 Å². The summed E-state index contributed by atoms with van der Waals surface area (Å²) < 4.78 is 5.18. The summed E-state index contributed by atoms with van der Waals surface area (Å²) >= 11 is 3.91. The molecule has 2 aliphatic heterocycles. The van der Waals surface area contributed by atoms with E-state index in [0.29, 0.717) is 23.0 Å². The van der Waals surface area contributed by atoms with Crippen molar-refractivity contribution in [1.29, 1.82) is 5.26 Å². The first-order valence-electron chi connectivity index (χ1n) is 5.54. The summed E-state index contributed by atoms with van der Waals surface area (Å²) in [6.07, 6.45) is 1.46. The molecule has 2 aliphatic rings. The van der Waals surface area contributed by atoms with Crippen LogP contribution in [-0.2, 0) is 6.61 Å². The average Bonchev–Trinajstić information content (AvgIpc) is 2.41. The zero-order valence-corrected chi connectivity index (χ0v) is 11.2. The number of nitrogen functional groups attached to an aromatic ring is 1. The zero-order valence-electron chi connectivity index (χ0n) is 10.3. The predicted octanol–water partition coefficient (Wildman–Crippen LogP) is 2.11. The van der Waals surface area contributed by atoms with Crippen LogP contribution in [0.5, 0.6) is 5.75 Å². The van der Waals surface area contributed by atoms with Crippen molar-refractivity contribution in [3.63, 3.8) is 0 Å². The number of anilines is 1. The SMILES string of the molecule is Cc1nc(S)ncc1C#N.Nc1cc2ccc1CO2. The molecular formula is C13H12N4OS. The fourth-order valence-electron chi connectivity index (χ4n) is 1.52. The average molecular weight is 272 g/mol. The number of aromatic nitrogens is 2. The van der Waals surface area contributed by atoms with E-state index in [1.165, 1.54) is 6.20 Å². The molecule has 0 spiro atoms. The molecule has 6 heteroatoms. The molecular weight excluding hydrogens is 260 g/mol. The van der Waals surface area contributed by atoms with Crippen LogP contribution in [0, 0.1) is 18.3 Å². The van der Waals surface area contributed by atoms with E-state index in [1.54, 1.807) is 6.92 Å². The van der Waals surface area contributed by atoms with Gasteiger partial charge >= 0.3 is 0 Å². The maximum absolute atomic E-state index is 8.45. The third-order valence-electron chi connectivity index (χ3n) is 2.60. The van der Waals surface area contributed by atoms with Crippen molar-refractivity contribution in [3.05, 3.63) is 41.2 Å². The summed E-state index contributed by atoms with van der Waals surface area (Å²) in [5.41, 5.74) is 8.69. The molecule has 0 amide bonds. The van der Waals surface area contributed by atoms with Crippen LogP contribution in [0.4, 0.5) is 5.69 Å². The van der Waals surface area contributed by atoms with E-state index in [0.717, 1.165) is 17.0 Å². The molecule has 1 aromatic carbocycles. The lowest BCUT2D eigenvalue weighted by Crippen LogP contribution is -2.05. The number of aryl methyl sites for hydroxylation is 1. The van der Waals surface area contributed by atoms with Gasteiger partial charge in [-0.3, -0.25) is 0 Å². The van der Waals surface area contributed by atoms with Crippen molar-refractivity contribution in [3.8, 4) is 11.8 Å². The lowest BCUT2D eigenvalue weighted by atomic mass is 10.1. The molecule has 0 radical (unpaired) electrons. The molecule has 4 rings (SSSR count). The fourth-order valence-corrected chi connectivity index (χ4v) is 1.73. The number of benzene rings is 1. The monoisotopic (exact) mass is 272 g/mol. The van der Waals surface area contributed by atoms with E-state index < -0.39 is 0 Å². The smallest absolute Gasteiger partial charge is 0.184 e. The van der Waals surface area contributed by atoms with Crippen LogP contribution in [0.3, 0.4) is 0 Å². The highest BCUT2D eigenvalue weighted by Crippen LogP contribution is 2.26. The van der Waals surface area contributed by atoms with Gasteiger partial charge in [-0.1, -0.05) is 0 Å². The summed E-state index contributed by atoms with van der Waals surface area (Å²) in [5.74, 6) is 0.877. The molecule has 2 aromatic rings. The van der Waals surface area contributed by atoms with Crippen LogP contribution in [0.2, 0.25) is 0 Å². The molecule has 0 unspecified atom stereocenters. The van der Waals surface area contributed by atoms with Crippen LogP contribution < -0.4 is 10.5 Å². The Morgan fingerprint density at radius 2 is 2.26 bits per heavy atom. The second kappa shape index (κ2) is 5.59. The number of hydrogen-bond donors (Lipinski definition) is 2. The van der Waals surface area contributed by atoms with Crippen LogP contribution in [0.25, 0.3) is 0 Å². The van der Waals surface area contributed by atoms with Gasteiger partial charge in [0.15, 0.2) is 5.16 Å². The number of nitriles is 1. The number of nitrogens with two attached hydrogens (primary N) is 1. The summed E-state index contributed by atoms with van der Waals surface area (Å²) in [7, 11) is 0. The predicted molar refractivity (Wildman–Crippen MR) is 73.9 cm³/mol. The molecule has 0 fully saturated rings. The Hall–Kier alpha value is -2.26. The molecule has 0 saturated heterocycles. The van der Waals surface area contributed by atoms with Crippen LogP contribution in [-0.4, -0.2) is 9.97 Å². The van der Waals surface area contributed by atoms with E-state index in [1.807, 2.05) is 24.3 Å². The first kappa shape index (κ1) is 13.2. The number of hydrogen-bond acceptors (Lipinski definition) is 6. The number of thiol groups is 1. The Morgan fingerprint density at radius 3 is 2.63 bits per heavy atom. The van der Waals surface area contributed by atoms with Crippen molar-refractivity contribution in [1.82, 2.24) is 9.97 Å². The van der Waals surface area contributed by atoms with Gasteiger partial charge in [0, 0.05) is 23.5 Å². The molecule has 3 heterocycles. The fraction of sp³-hybridized carbons (Fsp3) is 0.154. The summed E-state index contributed by atoms with van der Waals surface area (Å²) in [6, 6.07) is 7.73. The second-order valence-electron chi connectivity index (χ2n) is 3.93. The van der Waals surface area contributed by atoms with Gasteiger partial charge in [-0.25, -0.2) is 9.97 Å². The summed E-state index contributed by atoms with van der Waals surface area (Å²) in [6.45, 7) is 2.40. The second-order valence-corrected chi connectivity index (χ2v) is 4.33.